The molecule has 1 atom stereocenters. The molecule has 100 valence electrons. The highest BCUT2D eigenvalue weighted by Gasteiger charge is 2.33. The highest BCUT2D eigenvalue weighted by atomic mass is 16.5. The van der Waals surface area contributed by atoms with E-state index >= 15 is 0 Å². The Morgan fingerprint density at radius 1 is 1.42 bits per heavy atom. The zero-order valence-electron chi connectivity index (χ0n) is 11.2. The second kappa shape index (κ2) is 4.61. The van der Waals surface area contributed by atoms with E-state index in [1.165, 1.54) is 12.8 Å². The number of aromatic nitrogens is 1. The summed E-state index contributed by atoms with van der Waals surface area (Å²) in [6, 6.07) is 7.84. The van der Waals surface area contributed by atoms with E-state index in [1.807, 2.05) is 24.3 Å². The van der Waals surface area contributed by atoms with E-state index in [1.54, 1.807) is 7.11 Å². The van der Waals surface area contributed by atoms with Crippen LogP contribution < -0.4 is 10.5 Å². The van der Waals surface area contributed by atoms with E-state index in [4.69, 9.17) is 15.0 Å². The minimum Gasteiger partial charge on any atom is -0.497 e. The van der Waals surface area contributed by atoms with Gasteiger partial charge < -0.3 is 15.0 Å². The summed E-state index contributed by atoms with van der Waals surface area (Å²) in [5.41, 5.74) is 8.83. The number of nitrogen functional groups attached to an aromatic ring is 1. The predicted octanol–water partition coefficient (Wildman–Crippen LogP) is 3.45. The third kappa shape index (κ3) is 2.18. The molecule has 2 N–H and O–H groups in total. The maximum atomic E-state index is 5.95. The number of ether oxygens (including phenoxy) is 1. The van der Waals surface area contributed by atoms with Crippen molar-refractivity contribution in [2.75, 3.05) is 12.8 Å². The van der Waals surface area contributed by atoms with Crippen LogP contribution in [-0.2, 0) is 0 Å². The maximum absolute atomic E-state index is 5.95. The Balaban J connectivity index is 2.05. The van der Waals surface area contributed by atoms with E-state index in [0.29, 0.717) is 17.7 Å². The molecule has 3 rings (SSSR count). The summed E-state index contributed by atoms with van der Waals surface area (Å²) >= 11 is 0. The van der Waals surface area contributed by atoms with Gasteiger partial charge in [0.05, 0.1) is 18.4 Å². The van der Waals surface area contributed by atoms with Crippen LogP contribution in [0.5, 0.6) is 5.75 Å². The molecule has 0 aliphatic heterocycles. The zero-order chi connectivity index (χ0) is 13.4. The molecule has 4 nitrogen and oxygen atoms in total. The molecule has 1 aliphatic carbocycles. The molecular formula is C15H18N2O2. The van der Waals surface area contributed by atoms with Gasteiger partial charge in [-0.15, -0.1) is 0 Å². The lowest BCUT2D eigenvalue weighted by Crippen LogP contribution is -1.99. The van der Waals surface area contributed by atoms with Crippen molar-refractivity contribution in [2.24, 2.45) is 5.92 Å². The van der Waals surface area contributed by atoms with Crippen molar-refractivity contribution in [1.29, 1.82) is 0 Å². The first-order valence-electron chi connectivity index (χ1n) is 6.60. The van der Waals surface area contributed by atoms with Gasteiger partial charge in [-0.05, 0) is 36.5 Å². The van der Waals surface area contributed by atoms with Crippen molar-refractivity contribution in [2.45, 2.75) is 25.7 Å². The highest BCUT2D eigenvalue weighted by Crippen LogP contribution is 2.46. The summed E-state index contributed by atoms with van der Waals surface area (Å²) < 4.78 is 10.5. The number of hydrogen-bond acceptors (Lipinski definition) is 4. The zero-order valence-corrected chi connectivity index (χ0v) is 11.2. The molecular weight excluding hydrogens is 240 g/mol. The molecule has 0 spiro atoms. The predicted molar refractivity (Wildman–Crippen MR) is 74.0 cm³/mol. The number of benzene rings is 1. The van der Waals surface area contributed by atoms with Crippen molar-refractivity contribution in [3.8, 4) is 16.9 Å². The van der Waals surface area contributed by atoms with Gasteiger partial charge in [0.2, 0.25) is 5.88 Å². The first-order chi connectivity index (χ1) is 9.20. The normalized spacial score (nSPS) is 16.3. The number of rotatable bonds is 4. The van der Waals surface area contributed by atoms with Crippen LogP contribution in [0.1, 0.15) is 31.4 Å². The van der Waals surface area contributed by atoms with Crippen molar-refractivity contribution in [1.82, 2.24) is 5.16 Å². The lowest BCUT2D eigenvalue weighted by molar-refractivity contribution is 0.415. The molecule has 0 bridgehead atoms. The van der Waals surface area contributed by atoms with Crippen LogP contribution in [0, 0.1) is 5.92 Å². The molecule has 0 amide bonds. The standard InChI is InChI=1S/C15H18N2O2/c1-9(10-6-7-10)14-13(15(16)19-17-14)11-4-3-5-12(8-11)18-2/h3-5,8-10H,6-7,16H2,1-2H3. The van der Waals surface area contributed by atoms with Gasteiger partial charge in [-0.3, -0.25) is 0 Å². The van der Waals surface area contributed by atoms with Gasteiger partial charge in [0.25, 0.3) is 0 Å². The summed E-state index contributed by atoms with van der Waals surface area (Å²) in [6.45, 7) is 2.19. The molecule has 0 radical (unpaired) electrons. The Morgan fingerprint density at radius 2 is 2.21 bits per heavy atom. The minimum absolute atomic E-state index is 0.385. The van der Waals surface area contributed by atoms with Gasteiger partial charge in [-0.25, -0.2) is 0 Å². The summed E-state index contributed by atoms with van der Waals surface area (Å²) in [6.07, 6.45) is 2.54. The average Bonchev–Trinajstić information content (AvgIpc) is 3.21. The summed E-state index contributed by atoms with van der Waals surface area (Å²) in [5, 5.41) is 4.17. The second-order valence-corrected chi connectivity index (χ2v) is 5.17. The molecule has 1 unspecified atom stereocenters. The fourth-order valence-electron chi connectivity index (χ4n) is 2.51. The number of hydrogen-bond donors (Lipinski definition) is 1. The van der Waals surface area contributed by atoms with Crippen molar-refractivity contribution in [3.63, 3.8) is 0 Å². The van der Waals surface area contributed by atoms with E-state index in [0.717, 1.165) is 22.6 Å². The van der Waals surface area contributed by atoms with E-state index in [9.17, 15) is 0 Å². The van der Waals surface area contributed by atoms with Crippen LogP contribution in [0.4, 0.5) is 5.88 Å². The van der Waals surface area contributed by atoms with Crippen LogP contribution in [0.3, 0.4) is 0 Å². The van der Waals surface area contributed by atoms with Crippen molar-refractivity contribution >= 4 is 5.88 Å². The van der Waals surface area contributed by atoms with Gasteiger partial charge >= 0.3 is 0 Å². The third-order valence-corrected chi connectivity index (χ3v) is 3.86. The summed E-state index contributed by atoms with van der Waals surface area (Å²) in [5.74, 6) is 2.30. The van der Waals surface area contributed by atoms with Gasteiger partial charge in [-0.1, -0.05) is 24.2 Å². The SMILES string of the molecule is COc1cccc(-c2c(C(C)C3CC3)noc2N)c1. The maximum Gasteiger partial charge on any atom is 0.230 e. The molecule has 1 aliphatic rings. The lowest BCUT2D eigenvalue weighted by Gasteiger charge is -2.09. The molecule has 19 heavy (non-hydrogen) atoms. The first kappa shape index (κ1) is 12.1. The fraction of sp³-hybridized carbons (Fsp3) is 0.400. The fourth-order valence-corrected chi connectivity index (χ4v) is 2.51. The summed E-state index contributed by atoms with van der Waals surface area (Å²) in [4.78, 5) is 0. The Labute approximate surface area is 112 Å². The molecule has 1 heterocycles. The van der Waals surface area contributed by atoms with Gasteiger partial charge in [0.15, 0.2) is 0 Å². The van der Waals surface area contributed by atoms with Gasteiger partial charge in [0, 0.05) is 5.92 Å². The third-order valence-electron chi connectivity index (χ3n) is 3.86. The Kier molecular flexibility index (Phi) is 2.93. The van der Waals surface area contributed by atoms with E-state index in [2.05, 4.69) is 12.1 Å². The van der Waals surface area contributed by atoms with Crippen LogP contribution in [0.25, 0.3) is 11.1 Å². The van der Waals surface area contributed by atoms with Crippen LogP contribution in [0.2, 0.25) is 0 Å². The van der Waals surface area contributed by atoms with Crippen molar-refractivity contribution < 1.29 is 9.26 Å². The van der Waals surface area contributed by atoms with Crippen LogP contribution >= 0.6 is 0 Å². The molecule has 1 aromatic heterocycles. The minimum atomic E-state index is 0.385. The molecule has 4 heteroatoms. The van der Waals surface area contributed by atoms with Gasteiger partial charge in [-0.2, -0.15) is 0 Å². The molecule has 1 aromatic carbocycles. The quantitative estimate of drug-likeness (QED) is 0.912. The van der Waals surface area contributed by atoms with Crippen molar-refractivity contribution in [3.05, 3.63) is 30.0 Å². The number of nitrogens with zero attached hydrogens (tertiary/aromatic N) is 1. The molecule has 1 saturated carbocycles. The number of nitrogens with two attached hydrogens (primary N) is 1. The molecule has 0 saturated heterocycles. The monoisotopic (exact) mass is 258 g/mol. The number of anilines is 1. The Hall–Kier alpha value is -1.97. The first-order valence-corrected chi connectivity index (χ1v) is 6.60. The Bertz CT molecular complexity index is 588. The highest BCUT2D eigenvalue weighted by molar-refractivity contribution is 5.76. The van der Waals surface area contributed by atoms with E-state index < -0.39 is 0 Å². The molecule has 1 fully saturated rings. The second-order valence-electron chi connectivity index (χ2n) is 5.17. The van der Waals surface area contributed by atoms with Gasteiger partial charge in [0.1, 0.15) is 5.75 Å². The van der Waals surface area contributed by atoms with Crippen LogP contribution in [-0.4, -0.2) is 12.3 Å². The molecule has 2 aromatic rings. The Morgan fingerprint density at radius 3 is 2.89 bits per heavy atom. The average molecular weight is 258 g/mol. The lowest BCUT2D eigenvalue weighted by atomic mass is 9.94. The topological polar surface area (TPSA) is 61.3 Å². The largest absolute Gasteiger partial charge is 0.497 e. The number of methoxy groups -OCH3 is 1. The smallest absolute Gasteiger partial charge is 0.230 e. The summed E-state index contributed by atoms with van der Waals surface area (Å²) in [7, 11) is 1.66. The van der Waals surface area contributed by atoms with Crippen LogP contribution in [0.15, 0.2) is 28.8 Å². The van der Waals surface area contributed by atoms with E-state index in [-0.39, 0.29) is 0 Å².